The molecule has 0 atom stereocenters. The van der Waals surface area contributed by atoms with Gasteiger partial charge in [-0.05, 0) is 56.2 Å². The van der Waals surface area contributed by atoms with Crippen molar-refractivity contribution in [2.24, 2.45) is 0 Å². The molecule has 1 fully saturated rings. The van der Waals surface area contributed by atoms with E-state index in [2.05, 4.69) is 33.0 Å². The zero-order chi connectivity index (χ0) is 19.8. The van der Waals surface area contributed by atoms with Gasteiger partial charge in [0.1, 0.15) is 0 Å². The van der Waals surface area contributed by atoms with Gasteiger partial charge in [-0.3, -0.25) is 5.32 Å². The largest absolute Gasteiger partial charge is 0.450 e. The summed E-state index contributed by atoms with van der Waals surface area (Å²) >= 11 is 0. The lowest BCUT2D eigenvalue weighted by atomic mass is 10.0. The number of hydrogen-bond donors (Lipinski definition) is 3. The van der Waals surface area contributed by atoms with E-state index in [9.17, 15) is 9.59 Å². The van der Waals surface area contributed by atoms with Crippen LogP contribution < -0.4 is 20.9 Å². The van der Waals surface area contributed by atoms with E-state index in [0.717, 1.165) is 25.9 Å². The summed E-state index contributed by atoms with van der Waals surface area (Å²) in [5, 5.41) is 8.48. The summed E-state index contributed by atoms with van der Waals surface area (Å²) in [6.07, 6.45) is 1.32. The summed E-state index contributed by atoms with van der Waals surface area (Å²) in [6.45, 7) is 3.90. The predicted molar refractivity (Wildman–Crippen MR) is 111 cm³/mol. The van der Waals surface area contributed by atoms with Crippen LogP contribution in [0.1, 0.15) is 19.8 Å². The second-order valence-electron chi connectivity index (χ2n) is 6.62. The molecule has 1 aliphatic heterocycles. The molecule has 1 aliphatic rings. The fourth-order valence-electron chi connectivity index (χ4n) is 3.20. The normalized spacial score (nSPS) is 14.2. The molecule has 3 rings (SSSR count). The van der Waals surface area contributed by atoms with E-state index >= 15 is 0 Å². The van der Waals surface area contributed by atoms with Crippen LogP contribution in [0.25, 0.3) is 0 Å². The Bertz CT molecular complexity index is 772. The molecular formula is C21H26N4O3. The summed E-state index contributed by atoms with van der Waals surface area (Å²) < 4.78 is 4.83. The van der Waals surface area contributed by atoms with Crippen molar-refractivity contribution >= 4 is 29.2 Å². The molecule has 0 aromatic heterocycles. The van der Waals surface area contributed by atoms with E-state index in [0.29, 0.717) is 18.0 Å². The maximum atomic E-state index is 12.3. The minimum atomic E-state index is -0.497. The Kier molecular flexibility index (Phi) is 6.73. The highest BCUT2D eigenvalue weighted by Gasteiger charge is 2.20. The highest BCUT2D eigenvalue weighted by Crippen LogP contribution is 2.19. The summed E-state index contributed by atoms with van der Waals surface area (Å²) in [5.74, 6) is 0. The Balaban J connectivity index is 1.43. The Morgan fingerprint density at radius 1 is 0.964 bits per heavy atom. The SMILES string of the molecule is CCOC(=O)Nc1ccc(NC(=O)NC2CCN(c3ccccc3)CC2)cc1. The van der Waals surface area contributed by atoms with Gasteiger partial charge < -0.3 is 20.3 Å². The van der Waals surface area contributed by atoms with Crippen LogP contribution in [0, 0.1) is 0 Å². The third kappa shape index (κ3) is 5.64. The number of carbonyl (C=O) groups excluding carboxylic acids is 2. The number of anilines is 3. The molecule has 7 nitrogen and oxygen atoms in total. The van der Waals surface area contributed by atoms with E-state index in [1.54, 1.807) is 31.2 Å². The standard InChI is InChI=1S/C21H26N4O3/c1-2-28-21(27)24-17-10-8-16(9-11-17)22-20(26)23-18-12-14-25(15-13-18)19-6-4-3-5-7-19/h3-11,18H,2,12-15H2,1H3,(H,24,27)(H2,22,23,26). The van der Waals surface area contributed by atoms with Crippen molar-refractivity contribution in [3.8, 4) is 0 Å². The molecule has 0 radical (unpaired) electrons. The van der Waals surface area contributed by atoms with E-state index in [4.69, 9.17) is 4.74 Å². The fraction of sp³-hybridized carbons (Fsp3) is 0.333. The first-order valence-electron chi connectivity index (χ1n) is 9.55. The van der Waals surface area contributed by atoms with Crippen LogP contribution in [-0.4, -0.2) is 37.9 Å². The Hall–Kier alpha value is -3.22. The zero-order valence-corrected chi connectivity index (χ0v) is 16.0. The Morgan fingerprint density at radius 3 is 2.18 bits per heavy atom. The van der Waals surface area contributed by atoms with Gasteiger partial charge in [-0.25, -0.2) is 9.59 Å². The van der Waals surface area contributed by atoms with Crippen molar-refractivity contribution in [3.63, 3.8) is 0 Å². The molecule has 1 saturated heterocycles. The molecule has 0 aliphatic carbocycles. The van der Waals surface area contributed by atoms with Gasteiger partial charge in [0.15, 0.2) is 0 Å². The maximum absolute atomic E-state index is 12.3. The van der Waals surface area contributed by atoms with E-state index < -0.39 is 6.09 Å². The van der Waals surface area contributed by atoms with Gasteiger partial charge in [0.05, 0.1) is 6.61 Å². The lowest BCUT2D eigenvalue weighted by Crippen LogP contribution is -2.46. The van der Waals surface area contributed by atoms with Gasteiger partial charge in [-0.15, -0.1) is 0 Å². The van der Waals surface area contributed by atoms with E-state index in [1.807, 2.05) is 18.2 Å². The lowest BCUT2D eigenvalue weighted by Gasteiger charge is -2.33. The molecule has 0 saturated carbocycles. The average molecular weight is 382 g/mol. The van der Waals surface area contributed by atoms with Gasteiger partial charge in [0, 0.05) is 36.2 Å². The smallest absolute Gasteiger partial charge is 0.411 e. The number of nitrogens with one attached hydrogen (secondary N) is 3. The molecule has 148 valence electrons. The number of rotatable bonds is 5. The van der Waals surface area contributed by atoms with Crippen molar-refractivity contribution in [1.29, 1.82) is 0 Å². The Morgan fingerprint density at radius 2 is 1.57 bits per heavy atom. The number of ether oxygens (including phenoxy) is 1. The second-order valence-corrected chi connectivity index (χ2v) is 6.62. The molecule has 1 heterocycles. The first-order chi connectivity index (χ1) is 13.6. The van der Waals surface area contributed by atoms with Crippen LogP contribution in [0.15, 0.2) is 54.6 Å². The average Bonchev–Trinajstić information content (AvgIpc) is 2.71. The number of urea groups is 1. The highest BCUT2D eigenvalue weighted by molar-refractivity contribution is 5.90. The molecule has 3 N–H and O–H groups in total. The quantitative estimate of drug-likeness (QED) is 0.729. The lowest BCUT2D eigenvalue weighted by molar-refractivity contribution is 0.168. The molecule has 0 spiro atoms. The number of para-hydroxylation sites is 1. The van der Waals surface area contributed by atoms with Crippen molar-refractivity contribution in [3.05, 3.63) is 54.6 Å². The number of benzene rings is 2. The van der Waals surface area contributed by atoms with Gasteiger partial charge in [-0.1, -0.05) is 18.2 Å². The summed E-state index contributed by atoms with van der Waals surface area (Å²) in [4.78, 5) is 26.0. The van der Waals surface area contributed by atoms with Gasteiger partial charge in [0.25, 0.3) is 0 Å². The van der Waals surface area contributed by atoms with Crippen LogP contribution in [0.5, 0.6) is 0 Å². The monoisotopic (exact) mass is 382 g/mol. The first-order valence-corrected chi connectivity index (χ1v) is 9.55. The van der Waals surface area contributed by atoms with Crippen LogP contribution in [0.4, 0.5) is 26.7 Å². The number of nitrogens with zero attached hydrogens (tertiary/aromatic N) is 1. The van der Waals surface area contributed by atoms with Gasteiger partial charge >= 0.3 is 12.1 Å². The van der Waals surface area contributed by atoms with Crippen LogP contribution >= 0.6 is 0 Å². The maximum Gasteiger partial charge on any atom is 0.411 e. The summed E-state index contributed by atoms with van der Waals surface area (Å²) in [6, 6.07) is 17.2. The number of carbonyl (C=O) groups is 2. The summed E-state index contributed by atoms with van der Waals surface area (Å²) in [7, 11) is 0. The van der Waals surface area contributed by atoms with E-state index in [-0.39, 0.29) is 12.1 Å². The van der Waals surface area contributed by atoms with Crippen LogP contribution in [0.2, 0.25) is 0 Å². The number of piperidine rings is 1. The molecule has 2 aromatic rings. The molecule has 0 unspecified atom stereocenters. The zero-order valence-electron chi connectivity index (χ0n) is 16.0. The van der Waals surface area contributed by atoms with Crippen molar-refractivity contribution in [2.45, 2.75) is 25.8 Å². The second kappa shape index (κ2) is 9.64. The number of hydrogen-bond acceptors (Lipinski definition) is 4. The van der Waals surface area contributed by atoms with Crippen LogP contribution in [0.3, 0.4) is 0 Å². The number of amides is 3. The summed E-state index contributed by atoms with van der Waals surface area (Å²) in [5.41, 5.74) is 2.49. The van der Waals surface area contributed by atoms with Crippen molar-refractivity contribution in [2.75, 3.05) is 35.2 Å². The third-order valence-corrected chi connectivity index (χ3v) is 4.62. The molecule has 3 amide bonds. The predicted octanol–water partition coefficient (Wildman–Crippen LogP) is 4.05. The Labute approximate surface area is 165 Å². The topological polar surface area (TPSA) is 82.7 Å². The van der Waals surface area contributed by atoms with Crippen molar-refractivity contribution < 1.29 is 14.3 Å². The molecule has 2 aromatic carbocycles. The highest BCUT2D eigenvalue weighted by atomic mass is 16.5. The minimum Gasteiger partial charge on any atom is -0.450 e. The van der Waals surface area contributed by atoms with Crippen LogP contribution in [-0.2, 0) is 4.74 Å². The van der Waals surface area contributed by atoms with Gasteiger partial charge in [0.2, 0.25) is 0 Å². The van der Waals surface area contributed by atoms with Crippen molar-refractivity contribution in [1.82, 2.24) is 5.32 Å². The first kappa shape index (κ1) is 19.5. The molecular weight excluding hydrogens is 356 g/mol. The molecule has 7 heteroatoms. The fourth-order valence-corrected chi connectivity index (χ4v) is 3.20. The minimum absolute atomic E-state index is 0.157. The van der Waals surface area contributed by atoms with Gasteiger partial charge in [-0.2, -0.15) is 0 Å². The van der Waals surface area contributed by atoms with E-state index in [1.165, 1.54) is 5.69 Å². The molecule has 28 heavy (non-hydrogen) atoms. The third-order valence-electron chi connectivity index (χ3n) is 4.62. The molecule has 0 bridgehead atoms.